The second-order valence-electron chi connectivity index (χ2n) is 6.61. The molecule has 0 radical (unpaired) electrons. The number of carbonyl (C=O) groups excluding carboxylic acids is 1. The molecule has 0 aliphatic carbocycles. The maximum Gasteiger partial charge on any atom is 0.263 e. The van der Waals surface area contributed by atoms with Gasteiger partial charge in [0.25, 0.3) is 5.91 Å². The van der Waals surface area contributed by atoms with Crippen LogP contribution in [0.5, 0.6) is 11.5 Å². The fraction of sp³-hybridized carbons (Fsp3) is 0.273. The number of hydrogen-bond donors (Lipinski definition) is 1. The molecule has 29 heavy (non-hydrogen) atoms. The van der Waals surface area contributed by atoms with E-state index in [4.69, 9.17) is 33.3 Å². The Morgan fingerprint density at radius 3 is 2.55 bits per heavy atom. The van der Waals surface area contributed by atoms with E-state index in [1.54, 1.807) is 24.3 Å². The quantitative estimate of drug-likeness (QED) is 0.315. The second kappa shape index (κ2) is 10.1. The first-order chi connectivity index (χ1) is 14.0. The van der Waals surface area contributed by atoms with E-state index < -0.39 is 0 Å². The van der Waals surface area contributed by atoms with E-state index in [-0.39, 0.29) is 5.91 Å². The number of rotatable bonds is 8. The average Bonchev–Trinajstić information content (AvgIpc) is 3.03. The molecule has 2 aromatic carbocycles. The molecule has 0 aromatic heterocycles. The molecule has 1 N–H and O–H groups in total. The van der Waals surface area contributed by atoms with Crippen molar-refractivity contribution in [3.8, 4) is 11.5 Å². The van der Waals surface area contributed by atoms with E-state index >= 15 is 0 Å². The number of ether oxygens (including phenoxy) is 2. The fourth-order valence-corrected chi connectivity index (χ4v) is 3.98. The molecule has 1 heterocycles. The van der Waals surface area contributed by atoms with Crippen molar-refractivity contribution in [1.82, 2.24) is 5.32 Å². The summed E-state index contributed by atoms with van der Waals surface area (Å²) in [6, 6.07) is 13.5. The van der Waals surface area contributed by atoms with Gasteiger partial charge in [0.2, 0.25) is 0 Å². The van der Waals surface area contributed by atoms with Crippen molar-refractivity contribution in [2.24, 2.45) is 0 Å². The highest BCUT2D eigenvalue weighted by Crippen LogP contribution is 2.31. The van der Waals surface area contributed by atoms with Crippen LogP contribution in [0.3, 0.4) is 0 Å². The Balaban J connectivity index is 1.59. The van der Waals surface area contributed by atoms with Crippen LogP contribution >= 0.6 is 35.6 Å². The number of benzene rings is 2. The van der Waals surface area contributed by atoms with E-state index in [2.05, 4.69) is 31.3 Å². The summed E-state index contributed by atoms with van der Waals surface area (Å²) < 4.78 is 12.1. The van der Waals surface area contributed by atoms with Crippen molar-refractivity contribution >= 4 is 51.9 Å². The highest BCUT2D eigenvalue weighted by Gasteiger charge is 2.22. The molecule has 1 saturated heterocycles. The van der Waals surface area contributed by atoms with Gasteiger partial charge in [0.05, 0.1) is 4.91 Å². The zero-order valence-corrected chi connectivity index (χ0v) is 18.6. The van der Waals surface area contributed by atoms with Crippen LogP contribution in [0.25, 0.3) is 6.08 Å². The Hall–Kier alpha value is -2.02. The topological polar surface area (TPSA) is 47.6 Å². The highest BCUT2D eigenvalue weighted by atomic mass is 35.5. The van der Waals surface area contributed by atoms with E-state index in [0.717, 1.165) is 17.7 Å². The third kappa shape index (κ3) is 5.98. The minimum atomic E-state index is -0.213. The normalized spacial score (nSPS) is 16.0. The lowest BCUT2D eigenvalue weighted by molar-refractivity contribution is -0.115. The van der Waals surface area contributed by atoms with Crippen LogP contribution in [0.2, 0.25) is 5.02 Å². The molecule has 1 amide bonds. The summed E-state index contributed by atoms with van der Waals surface area (Å²) in [4.78, 5) is 12.4. The Morgan fingerprint density at radius 2 is 1.90 bits per heavy atom. The molecule has 7 heteroatoms. The average molecular weight is 448 g/mol. The smallest absolute Gasteiger partial charge is 0.263 e. The number of nitrogens with one attached hydrogen (secondary N) is 1. The molecule has 0 bridgehead atoms. The van der Waals surface area contributed by atoms with Gasteiger partial charge in [-0.15, -0.1) is 0 Å². The molecule has 1 atom stereocenters. The van der Waals surface area contributed by atoms with Crippen LogP contribution in [0.1, 0.15) is 37.3 Å². The van der Waals surface area contributed by atoms with Crippen LogP contribution in [0, 0.1) is 0 Å². The number of carbonyl (C=O) groups is 1. The lowest BCUT2D eigenvalue weighted by Gasteiger charge is -2.12. The number of thioether (sulfide) groups is 1. The van der Waals surface area contributed by atoms with Gasteiger partial charge in [-0.3, -0.25) is 4.79 Å². The van der Waals surface area contributed by atoms with Gasteiger partial charge in [0, 0.05) is 10.6 Å². The molecule has 152 valence electrons. The third-order valence-electron chi connectivity index (χ3n) is 4.57. The predicted molar refractivity (Wildman–Crippen MR) is 124 cm³/mol. The van der Waals surface area contributed by atoms with E-state index in [9.17, 15) is 4.79 Å². The summed E-state index contributed by atoms with van der Waals surface area (Å²) in [7, 11) is 0. The third-order valence-corrected chi connectivity index (χ3v) is 5.97. The molecular weight excluding hydrogens is 426 g/mol. The molecule has 4 nitrogen and oxygen atoms in total. The fourth-order valence-electron chi connectivity index (χ4n) is 2.77. The van der Waals surface area contributed by atoms with Gasteiger partial charge < -0.3 is 14.8 Å². The van der Waals surface area contributed by atoms with Crippen molar-refractivity contribution < 1.29 is 14.3 Å². The second-order valence-corrected chi connectivity index (χ2v) is 8.76. The molecule has 1 unspecified atom stereocenters. The van der Waals surface area contributed by atoms with Crippen molar-refractivity contribution in [2.75, 3.05) is 13.2 Å². The van der Waals surface area contributed by atoms with Crippen LogP contribution in [0.4, 0.5) is 0 Å². The monoisotopic (exact) mass is 447 g/mol. The minimum absolute atomic E-state index is 0.213. The number of amides is 1. The van der Waals surface area contributed by atoms with E-state index in [1.807, 2.05) is 12.1 Å². The molecule has 0 saturated carbocycles. The summed E-state index contributed by atoms with van der Waals surface area (Å²) in [5, 5.41) is 3.16. The summed E-state index contributed by atoms with van der Waals surface area (Å²) in [6.07, 6.45) is 2.84. The van der Waals surface area contributed by atoms with Crippen molar-refractivity contribution in [1.29, 1.82) is 0 Å². The number of hydrogen-bond acceptors (Lipinski definition) is 5. The van der Waals surface area contributed by atoms with Gasteiger partial charge in [-0.25, -0.2) is 0 Å². The number of halogens is 1. The zero-order valence-electron chi connectivity index (χ0n) is 16.2. The molecule has 0 spiro atoms. The van der Waals surface area contributed by atoms with Gasteiger partial charge in [-0.05, 0) is 54.3 Å². The van der Waals surface area contributed by atoms with Gasteiger partial charge in [-0.2, -0.15) is 0 Å². The Morgan fingerprint density at radius 1 is 1.17 bits per heavy atom. The summed E-state index contributed by atoms with van der Waals surface area (Å²) in [5.74, 6) is 1.77. The molecule has 1 aliphatic rings. The van der Waals surface area contributed by atoms with E-state index in [1.165, 1.54) is 17.3 Å². The van der Waals surface area contributed by atoms with Crippen molar-refractivity contribution in [2.45, 2.75) is 26.2 Å². The Labute approximate surface area is 185 Å². The van der Waals surface area contributed by atoms with Gasteiger partial charge >= 0.3 is 0 Å². The molecule has 1 aliphatic heterocycles. The first-order valence-corrected chi connectivity index (χ1v) is 11.0. The Bertz CT molecular complexity index is 928. The molecule has 2 aromatic rings. The maximum atomic E-state index is 11.9. The summed E-state index contributed by atoms with van der Waals surface area (Å²) in [6.45, 7) is 5.16. The molecule has 3 rings (SSSR count). The standard InChI is InChI=1S/C22H22ClNO3S2/c1-3-14(2)15-4-7-18(8-5-15)26-10-11-27-19-9-6-17(23)12-16(19)13-20-21(25)24-22(28)29-20/h4-9,12-14H,3,10-11H2,1-2H3,(H,24,25,28)/b20-13-. The molecular formula is C22H22ClNO3S2. The van der Waals surface area contributed by atoms with Crippen LogP contribution < -0.4 is 14.8 Å². The minimum Gasteiger partial charge on any atom is -0.490 e. The Kier molecular flexibility index (Phi) is 7.58. The van der Waals surface area contributed by atoms with Gasteiger partial charge in [0.15, 0.2) is 0 Å². The van der Waals surface area contributed by atoms with Gasteiger partial charge in [0.1, 0.15) is 29.0 Å². The summed E-state index contributed by atoms with van der Waals surface area (Å²) >= 11 is 12.4. The van der Waals surface area contributed by atoms with Gasteiger partial charge in [-0.1, -0.05) is 61.6 Å². The molecule has 1 fully saturated rings. The maximum absolute atomic E-state index is 11.9. The zero-order chi connectivity index (χ0) is 20.8. The summed E-state index contributed by atoms with van der Waals surface area (Å²) in [5.41, 5.74) is 2.03. The lowest BCUT2D eigenvalue weighted by atomic mass is 9.99. The first-order valence-electron chi connectivity index (χ1n) is 9.36. The van der Waals surface area contributed by atoms with Crippen LogP contribution in [-0.4, -0.2) is 23.4 Å². The van der Waals surface area contributed by atoms with Crippen molar-refractivity contribution in [3.63, 3.8) is 0 Å². The van der Waals surface area contributed by atoms with Crippen LogP contribution in [-0.2, 0) is 4.79 Å². The van der Waals surface area contributed by atoms with Crippen molar-refractivity contribution in [3.05, 3.63) is 63.5 Å². The largest absolute Gasteiger partial charge is 0.490 e. The predicted octanol–water partition coefficient (Wildman–Crippen LogP) is 5.80. The van der Waals surface area contributed by atoms with E-state index in [0.29, 0.717) is 39.1 Å². The highest BCUT2D eigenvalue weighted by molar-refractivity contribution is 8.26. The first kappa shape index (κ1) is 21.7. The van der Waals surface area contributed by atoms with Crippen LogP contribution in [0.15, 0.2) is 47.4 Å². The SMILES string of the molecule is CCC(C)c1ccc(OCCOc2ccc(Cl)cc2/C=C2\SC(=S)NC2=O)cc1. The number of thiocarbonyl (C=S) groups is 1. The lowest BCUT2D eigenvalue weighted by Crippen LogP contribution is -2.17.